The third-order valence-corrected chi connectivity index (χ3v) is 3.56. The quantitative estimate of drug-likeness (QED) is 0.835. The Balaban J connectivity index is 2.08. The molecule has 0 spiro atoms. The number of hydrogen-bond donors (Lipinski definition) is 2. The van der Waals surface area contributed by atoms with Crippen molar-refractivity contribution in [1.82, 2.24) is 9.55 Å². The summed E-state index contributed by atoms with van der Waals surface area (Å²) in [5.74, 6) is 0.619. The van der Waals surface area contributed by atoms with Crippen LogP contribution in [0.4, 0.5) is 0 Å². The Morgan fingerprint density at radius 1 is 1.45 bits per heavy atom. The fourth-order valence-electron chi connectivity index (χ4n) is 2.52. The van der Waals surface area contributed by atoms with Gasteiger partial charge in [0.05, 0.1) is 6.54 Å². The maximum absolute atomic E-state index is 11.3. The molecule has 0 bridgehead atoms. The minimum atomic E-state index is -0.538. The Bertz CT molecular complexity index is 718. The van der Waals surface area contributed by atoms with Gasteiger partial charge in [-0.2, -0.15) is 0 Å². The van der Waals surface area contributed by atoms with E-state index in [-0.39, 0.29) is 0 Å². The van der Waals surface area contributed by atoms with E-state index in [0.717, 1.165) is 5.56 Å². The summed E-state index contributed by atoms with van der Waals surface area (Å²) in [7, 11) is 0. The number of imidazole rings is 1. The lowest BCUT2D eigenvalue weighted by molar-refractivity contribution is 0.1000. The third-order valence-electron chi connectivity index (χ3n) is 3.56. The van der Waals surface area contributed by atoms with E-state index < -0.39 is 11.4 Å². The SMILES string of the molecule is CC1(c2cccc(C(N)=O)c2)Cn2ccnc2C(N)=N1. The summed E-state index contributed by atoms with van der Waals surface area (Å²) < 4.78 is 1.96. The molecule has 1 amide bonds. The van der Waals surface area contributed by atoms with Crippen LogP contribution in [0.2, 0.25) is 0 Å². The van der Waals surface area contributed by atoms with Gasteiger partial charge in [-0.3, -0.25) is 9.79 Å². The van der Waals surface area contributed by atoms with Gasteiger partial charge in [0.2, 0.25) is 5.91 Å². The van der Waals surface area contributed by atoms with Crippen molar-refractivity contribution < 1.29 is 4.79 Å². The number of hydrogen-bond acceptors (Lipinski definition) is 4. The van der Waals surface area contributed by atoms with Crippen molar-refractivity contribution in [2.75, 3.05) is 0 Å². The number of aromatic nitrogens is 2. The number of rotatable bonds is 2. The molecule has 102 valence electrons. The van der Waals surface area contributed by atoms with Gasteiger partial charge in [0.15, 0.2) is 11.7 Å². The number of amides is 1. The van der Waals surface area contributed by atoms with Crippen LogP contribution in [0.15, 0.2) is 41.7 Å². The highest BCUT2D eigenvalue weighted by molar-refractivity contribution is 5.95. The van der Waals surface area contributed by atoms with E-state index in [0.29, 0.717) is 23.8 Å². The molecule has 6 heteroatoms. The standard InChI is InChI=1S/C14H15N5O/c1-14(10-4-2-3-9(7-10)12(16)20)8-19-6-5-17-13(19)11(15)18-14/h2-7H,8H2,1H3,(H2,15,18)(H2,16,20). The number of carbonyl (C=O) groups excluding carboxylic acids is 1. The maximum Gasteiger partial charge on any atom is 0.248 e. The van der Waals surface area contributed by atoms with Crippen LogP contribution >= 0.6 is 0 Å². The Kier molecular flexibility index (Phi) is 2.60. The van der Waals surface area contributed by atoms with Crippen molar-refractivity contribution in [2.24, 2.45) is 16.5 Å². The van der Waals surface area contributed by atoms with Crippen molar-refractivity contribution in [3.05, 3.63) is 53.6 Å². The summed E-state index contributed by atoms with van der Waals surface area (Å²) in [5.41, 5.74) is 12.1. The van der Waals surface area contributed by atoms with Gasteiger partial charge in [0.25, 0.3) is 0 Å². The first-order valence-electron chi connectivity index (χ1n) is 6.27. The first kappa shape index (κ1) is 12.4. The van der Waals surface area contributed by atoms with Crippen LogP contribution in [0.5, 0.6) is 0 Å². The molecule has 2 heterocycles. The smallest absolute Gasteiger partial charge is 0.248 e. The molecule has 0 aliphatic carbocycles. The predicted molar refractivity (Wildman–Crippen MR) is 75.3 cm³/mol. The van der Waals surface area contributed by atoms with Crippen molar-refractivity contribution in [3.63, 3.8) is 0 Å². The van der Waals surface area contributed by atoms with Gasteiger partial charge < -0.3 is 16.0 Å². The molecule has 3 rings (SSSR count). The second kappa shape index (κ2) is 4.19. The van der Waals surface area contributed by atoms with E-state index in [1.54, 1.807) is 24.4 Å². The van der Waals surface area contributed by atoms with Crippen LogP contribution < -0.4 is 11.5 Å². The summed E-state index contributed by atoms with van der Waals surface area (Å²) in [5, 5.41) is 0. The zero-order valence-electron chi connectivity index (χ0n) is 11.1. The summed E-state index contributed by atoms with van der Waals surface area (Å²) in [6.07, 6.45) is 3.57. The summed E-state index contributed by atoms with van der Waals surface area (Å²) >= 11 is 0. The largest absolute Gasteiger partial charge is 0.381 e. The molecule has 2 aromatic rings. The molecule has 4 N–H and O–H groups in total. The molecule has 1 aliphatic rings. The maximum atomic E-state index is 11.3. The molecule has 20 heavy (non-hydrogen) atoms. The molecule has 0 fully saturated rings. The topological polar surface area (TPSA) is 99.3 Å². The van der Waals surface area contributed by atoms with E-state index in [1.807, 2.05) is 23.8 Å². The van der Waals surface area contributed by atoms with Gasteiger partial charge in [-0.15, -0.1) is 0 Å². The van der Waals surface area contributed by atoms with Crippen molar-refractivity contribution in [3.8, 4) is 0 Å². The van der Waals surface area contributed by atoms with E-state index in [4.69, 9.17) is 11.5 Å². The van der Waals surface area contributed by atoms with Gasteiger partial charge >= 0.3 is 0 Å². The van der Waals surface area contributed by atoms with Crippen LogP contribution in [0.1, 0.15) is 28.7 Å². The average Bonchev–Trinajstić information content (AvgIpc) is 2.87. The Hall–Kier alpha value is -2.63. The Morgan fingerprint density at radius 3 is 3.00 bits per heavy atom. The molecule has 1 aromatic carbocycles. The first-order valence-corrected chi connectivity index (χ1v) is 6.27. The molecular formula is C14H15N5O. The molecule has 0 radical (unpaired) electrons. The van der Waals surface area contributed by atoms with Crippen LogP contribution in [0.25, 0.3) is 0 Å². The van der Waals surface area contributed by atoms with Crippen LogP contribution in [-0.2, 0) is 12.1 Å². The monoisotopic (exact) mass is 269 g/mol. The number of nitrogens with zero attached hydrogens (tertiary/aromatic N) is 3. The van der Waals surface area contributed by atoms with Crippen molar-refractivity contribution in [2.45, 2.75) is 19.0 Å². The highest BCUT2D eigenvalue weighted by Crippen LogP contribution is 2.31. The lowest BCUT2D eigenvalue weighted by atomic mass is 9.90. The first-order chi connectivity index (χ1) is 9.49. The summed E-state index contributed by atoms with van der Waals surface area (Å²) in [4.78, 5) is 20.0. The van der Waals surface area contributed by atoms with Crippen LogP contribution in [0.3, 0.4) is 0 Å². The number of carbonyl (C=O) groups is 1. The Morgan fingerprint density at radius 2 is 2.25 bits per heavy atom. The number of benzene rings is 1. The minimum Gasteiger partial charge on any atom is -0.381 e. The van der Waals surface area contributed by atoms with E-state index in [9.17, 15) is 4.79 Å². The highest BCUT2D eigenvalue weighted by atomic mass is 16.1. The normalized spacial score (nSPS) is 21.1. The predicted octanol–water partition coefficient (Wildman–Crippen LogP) is 0.616. The zero-order chi connectivity index (χ0) is 14.3. The van der Waals surface area contributed by atoms with Crippen LogP contribution in [0, 0.1) is 0 Å². The fourth-order valence-corrected chi connectivity index (χ4v) is 2.52. The lowest BCUT2D eigenvalue weighted by Gasteiger charge is -2.31. The summed E-state index contributed by atoms with van der Waals surface area (Å²) in [6, 6.07) is 7.18. The minimum absolute atomic E-state index is 0.397. The Labute approximate surface area is 116 Å². The molecule has 0 saturated heterocycles. The van der Waals surface area contributed by atoms with Gasteiger partial charge in [-0.1, -0.05) is 12.1 Å². The molecule has 6 nitrogen and oxygen atoms in total. The number of aliphatic imine (C=N–C) groups is 1. The zero-order valence-corrected chi connectivity index (χ0v) is 11.1. The fraction of sp³-hybridized carbons (Fsp3) is 0.214. The number of fused-ring (bicyclic) bond motifs is 1. The lowest BCUT2D eigenvalue weighted by Crippen LogP contribution is -2.37. The van der Waals surface area contributed by atoms with Gasteiger partial charge in [0, 0.05) is 18.0 Å². The molecule has 1 atom stereocenters. The summed E-state index contributed by atoms with van der Waals surface area (Å²) in [6.45, 7) is 2.59. The van der Waals surface area contributed by atoms with Crippen molar-refractivity contribution >= 4 is 11.7 Å². The molecule has 0 saturated carbocycles. The van der Waals surface area contributed by atoms with E-state index >= 15 is 0 Å². The van der Waals surface area contributed by atoms with Crippen molar-refractivity contribution in [1.29, 1.82) is 0 Å². The molecule has 1 aromatic heterocycles. The number of primary amides is 1. The molecular weight excluding hydrogens is 254 g/mol. The second-order valence-electron chi connectivity index (χ2n) is 5.09. The van der Waals surface area contributed by atoms with E-state index in [1.165, 1.54) is 0 Å². The third kappa shape index (κ3) is 1.85. The number of amidine groups is 1. The molecule has 1 unspecified atom stereocenters. The second-order valence-corrected chi connectivity index (χ2v) is 5.09. The average molecular weight is 269 g/mol. The van der Waals surface area contributed by atoms with Crippen LogP contribution in [-0.4, -0.2) is 21.3 Å². The highest BCUT2D eigenvalue weighted by Gasteiger charge is 2.32. The molecule has 1 aliphatic heterocycles. The van der Waals surface area contributed by atoms with Gasteiger partial charge in [-0.25, -0.2) is 4.98 Å². The van der Waals surface area contributed by atoms with Gasteiger partial charge in [-0.05, 0) is 24.6 Å². The van der Waals surface area contributed by atoms with E-state index in [2.05, 4.69) is 9.98 Å². The van der Waals surface area contributed by atoms with Gasteiger partial charge in [0.1, 0.15) is 5.54 Å². The number of nitrogens with two attached hydrogens (primary N) is 2.